The normalized spacial score (nSPS) is 30.6. The first-order valence-corrected chi connectivity index (χ1v) is 7.50. The van der Waals surface area contributed by atoms with Gasteiger partial charge in [0.1, 0.15) is 0 Å². The average molecular weight is 265 g/mol. The van der Waals surface area contributed by atoms with Gasteiger partial charge in [0.2, 0.25) is 0 Å². The second-order valence-electron chi connectivity index (χ2n) is 5.07. The van der Waals surface area contributed by atoms with Crippen molar-refractivity contribution in [2.24, 2.45) is 5.41 Å². The molecular weight excluding hydrogens is 249 g/mol. The van der Waals surface area contributed by atoms with Crippen molar-refractivity contribution < 1.29 is 13.6 Å². The number of nitrogens with zero attached hydrogens (tertiary/aromatic N) is 1. The average Bonchev–Trinajstić information content (AvgIpc) is 2.34. The summed E-state index contributed by atoms with van der Waals surface area (Å²) >= 11 is 0. The van der Waals surface area contributed by atoms with Gasteiger partial charge in [-0.15, -0.1) is 0 Å². The molecule has 1 fully saturated rings. The van der Waals surface area contributed by atoms with Crippen molar-refractivity contribution in [3.05, 3.63) is 47.3 Å². The Morgan fingerprint density at radius 1 is 1.44 bits per heavy atom. The molecule has 2 atom stereocenters. The molecule has 2 rings (SSSR count). The SMILES string of the molecule is [C-]#[N+]C[P@@]1(=O)OCC(C)(C)[C@@H](c2ccccc2)O1. The quantitative estimate of drug-likeness (QED) is 0.602. The molecule has 4 nitrogen and oxygen atoms in total. The minimum atomic E-state index is -3.27. The summed E-state index contributed by atoms with van der Waals surface area (Å²) in [4.78, 5) is 3.14. The molecule has 1 aliphatic rings. The standard InChI is InChI=1S/C13H16NO3P/c1-13(2)9-16-18(15,10-14-3)17-12(13)11-7-5-4-6-8-11/h4-8,12H,9-10H2,1-2H3/t12-,18-/m1/s1. The predicted molar refractivity (Wildman–Crippen MR) is 69.1 cm³/mol. The van der Waals surface area contributed by atoms with E-state index in [0.717, 1.165) is 5.56 Å². The molecule has 0 spiro atoms. The van der Waals surface area contributed by atoms with Crippen LogP contribution in [0.1, 0.15) is 25.5 Å². The van der Waals surface area contributed by atoms with Crippen LogP contribution in [0, 0.1) is 12.0 Å². The summed E-state index contributed by atoms with van der Waals surface area (Å²) in [6.07, 6.45) is -0.521. The first kappa shape index (κ1) is 13.3. The molecule has 0 radical (unpaired) electrons. The summed E-state index contributed by atoms with van der Waals surface area (Å²) in [7, 11) is -3.27. The second kappa shape index (κ2) is 4.85. The van der Waals surface area contributed by atoms with Crippen molar-refractivity contribution >= 4 is 7.60 Å². The molecule has 0 N–H and O–H groups in total. The Balaban J connectivity index is 2.31. The minimum absolute atomic E-state index is 0.216. The molecule has 1 aromatic carbocycles. The fourth-order valence-corrected chi connectivity index (χ4v) is 3.61. The van der Waals surface area contributed by atoms with Crippen molar-refractivity contribution in [3.63, 3.8) is 0 Å². The zero-order chi connectivity index (χ0) is 13.2. The van der Waals surface area contributed by atoms with E-state index in [9.17, 15) is 4.57 Å². The molecule has 0 aliphatic carbocycles. The maximum atomic E-state index is 12.2. The molecule has 0 bridgehead atoms. The lowest BCUT2D eigenvalue weighted by atomic mass is 9.83. The lowest BCUT2D eigenvalue weighted by Crippen LogP contribution is -2.33. The van der Waals surface area contributed by atoms with E-state index in [1.165, 1.54) is 0 Å². The summed E-state index contributed by atoms with van der Waals surface area (Å²) in [5.41, 5.74) is 0.702. The molecule has 1 aromatic rings. The van der Waals surface area contributed by atoms with E-state index in [1.807, 2.05) is 44.2 Å². The molecule has 1 saturated heterocycles. The monoisotopic (exact) mass is 265 g/mol. The lowest BCUT2D eigenvalue weighted by Gasteiger charge is -2.40. The van der Waals surface area contributed by atoms with E-state index in [2.05, 4.69) is 4.85 Å². The summed E-state index contributed by atoms with van der Waals surface area (Å²) in [6.45, 7) is 11.2. The van der Waals surface area contributed by atoms with Gasteiger partial charge in [-0.05, 0) is 5.56 Å². The number of rotatable bonds is 2. The molecule has 0 amide bonds. The third kappa shape index (κ3) is 2.64. The number of hydrogen-bond acceptors (Lipinski definition) is 3. The van der Waals surface area contributed by atoms with Gasteiger partial charge in [-0.25, -0.2) is 6.57 Å². The van der Waals surface area contributed by atoms with Crippen molar-refractivity contribution in [1.29, 1.82) is 0 Å². The fraction of sp³-hybridized carbons (Fsp3) is 0.462. The van der Waals surface area contributed by atoms with E-state index >= 15 is 0 Å². The van der Waals surface area contributed by atoms with Gasteiger partial charge < -0.3 is 9.37 Å². The van der Waals surface area contributed by atoms with Gasteiger partial charge in [0.25, 0.3) is 0 Å². The topological polar surface area (TPSA) is 39.9 Å². The highest BCUT2D eigenvalue weighted by molar-refractivity contribution is 7.54. The van der Waals surface area contributed by atoms with Gasteiger partial charge in [0, 0.05) is 5.41 Å². The fourth-order valence-electron chi connectivity index (χ4n) is 1.97. The zero-order valence-corrected chi connectivity index (χ0v) is 11.4. The van der Waals surface area contributed by atoms with Gasteiger partial charge in [-0.1, -0.05) is 44.2 Å². The van der Waals surface area contributed by atoms with Gasteiger partial charge >= 0.3 is 13.9 Å². The van der Waals surface area contributed by atoms with Crippen LogP contribution in [-0.4, -0.2) is 12.9 Å². The van der Waals surface area contributed by atoms with Crippen molar-refractivity contribution in [3.8, 4) is 0 Å². The van der Waals surface area contributed by atoms with Crippen LogP contribution in [0.25, 0.3) is 4.85 Å². The van der Waals surface area contributed by atoms with Gasteiger partial charge in [0.05, 0.1) is 12.7 Å². The maximum absolute atomic E-state index is 12.2. The Bertz CT molecular complexity index is 507. The van der Waals surface area contributed by atoms with Crippen molar-refractivity contribution in [2.75, 3.05) is 12.9 Å². The molecule has 18 heavy (non-hydrogen) atoms. The number of benzene rings is 1. The molecular formula is C13H16NO3P. The first-order valence-electron chi connectivity index (χ1n) is 5.77. The minimum Gasteiger partial charge on any atom is -0.303 e. The van der Waals surface area contributed by atoms with E-state index in [0.29, 0.717) is 6.61 Å². The maximum Gasteiger partial charge on any atom is 0.409 e. The highest BCUT2D eigenvalue weighted by Crippen LogP contribution is 2.60. The summed E-state index contributed by atoms with van der Waals surface area (Å²) in [5, 5.41) is 0. The second-order valence-corrected chi connectivity index (χ2v) is 7.04. The Kier molecular flexibility index (Phi) is 3.59. The molecule has 1 aliphatic heterocycles. The lowest BCUT2D eigenvalue weighted by molar-refractivity contribution is -0.0259. The molecule has 5 heteroatoms. The zero-order valence-electron chi connectivity index (χ0n) is 10.5. The van der Waals surface area contributed by atoms with Crippen LogP contribution in [-0.2, 0) is 13.6 Å². The molecule has 0 aromatic heterocycles. The van der Waals surface area contributed by atoms with Crippen LogP contribution in [0.2, 0.25) is 0 Å². The van der Waals surface area contributed by atoms with Gasteiger partial charge in [-0.3, -0.25) is 9.09 Å². The van der Waals surface area contributed by atoms with Crippen LogP contribution in [0.15, 0.2) is 30.3 Å². The number of hydrogen-bond donors (Lipinski definition) is 0. The van der Waals surface area contributed by atoms with E-state index in [4.69, 9.17) is 15.6 Å². The third-order valence-electron chi connectivity index (χ3n) is 2.96. The predicted octanol–water partition coefficient (Wildman–Crippen LogP) is 3.87. The van der Waals surface area contributed by atoms with E-state index in [1.54, 1.807) is 0 Å². The van der Waals surface area contributed by atoms with Crippen LogP contribution in [0.4, 0.5) is 0 Å². The van der Waals surface area contributed by atoms with Crippen LogP contribution < -0.4 is 0 Å². The summed E-state index contributed by atoms with van der Waals surface area (Å²) in [5.74, 6) is 0. The van der Waals surface area contributed by atoms with Gasteiger partial charge in [-0.2, -0.15) is 0 Å². The molecule has 96 valence electrons. The Morgan fingerprint density at radius 2 is 2.11 bits per heavy atom. The molecule has 0 saturated carbocycles. The third-order valence-corrected chi connectivity index (χ3v) is 4.50. The van der Waals surface area contributed by atoms with E-state index in [-0.39, 0.29) is 17.8 Å². The van der Waals surface area contributed by atoms with Gasteiger partial charge in [0.15, 0.2) is 0 Å². The Morgan fingerprint density at radius 3 is 2.72 bits per heavy atom. The summed E-state index contributed by atoms with van der Waals surface area (Å²) in [6, 6.07) is 9.66. The molecule has 1 heterocycles. The Hall–Kier alpha value is -1.14. The van der Waals surface area contributed by atoms with Crippen LogP contribution in [0.3, 0.4) is 0 Å². The molecule has 0 unspecified atom stereocenters. The largest absolute Gasteiger partial charge is 0.409 e. The highest BCUT2D eigenvalue weighted by Gasteiger charge is 2.46. The van der Waals surface area contributed by atoms with Crippen molar-refractivity contribution in [1.82, 2.24) is 0 Å². The Labute approximate surface area is 107 Å². The highest BCUT2D eigenvalue weighted by atomic mass is 31.2. The summed E-state index contributed by atoms with van der Waals surface area (Å²) < 4.78 is 23.2. The smallest absolute Gasteiger partial charge is 0.303 e. The van der Waals surface area contributed by atoms with Crippen LogP contribution in [0.5, 0.6) is 0 Å². The van der Waals surface area contributed by atoms with E-state index < -0.39 is 7.60 Å². The van der Waals surface area contributed by atoms with Crippen molar-refractivity contribution in [2.45, 2.75) is 20.0 Å². The first-order chi connectivity index (χ1) is 8.47. The van der Waals surface area contributed by atoms with Crippen LogP contribution >= 0.6 is 7.60 Å².